The van der Waals surface area contributed by atoms with Crippen LogP contribution < -0.4 is 9.80 Å². The molecule has 0 amide bonds. The van der Waals surface area contributed by atoms with Crippen molar-refractivity contribution in [3.8, 4) is 0 Å². The number of aromatic nitrogens is 2. The number of benzene rings is 1. The van der Waals surface area contributed by atoms with Gasteiger partial charge in [0, 0.05) is 28.6 Å². The zero-order valence-corrected chi connectivity index (χ0v) is 16.0. The van der Waals surface area contributed by atoms with E-state index in [2.05, 4.69) is 73.7 Å². The Balaban J connectivity index is 1.78. The van der Waals surface area contributed by atoms with Crippen LogP contribution in [0.3, 0.4) is 0 Å². The highest BCUT2D eigenvalue weighted by molar-refractivity contribution is 6.17. The molecule has 1 atom stereocenters. The van der Waals surface area contributed by atoms with Crippen molar-refractivity contribution in [1.29, 1.82) is 0 Å². The summed E-state index contributed by atoms with van der Waals surface area (Å²) >= 11 is 0. The fourth-order valence-electron chi connectivity index (χ4n) is 4.27. The number of furan rings is 1. The molecule has 1 aliphatic rings. The first-order valence-electron chi connectivity index (χ1n) is 9.26. The van der Waals surface area contributed by atoms with Crippen LogP contribution in [0, 0.1) is 0 Å². The summed E-state index contributed by atoms with van der Waals surface area (Å²) < 4.78 is 6.19. The molecule has 1 aliphatic heterocycles. The topological polar surface area (TPSA) is 45.4 Å². The van der Waals surface area contributed by atoms with Gasteiger partial charge in [-0.25, -0.2) is 9.97 Å². The predicted octanol–water partition coefficient (Wildman–Crippen LogP) is 4.05. The molecule has 5 rings (SSSR count). The molecular weight excluding hydrogens is 335 g/mol. The van der Waals surface area contributed by atoms with E-state index in [1.54, 1.807) is 6.20 Å². The summed E-state index contributed by atoms with van der Waals surface area (Å²) in [6.45, 7) is 6.65. The molecule has 27 heavy (non-hydrogen) atoms. The molecule has 0 fully saturated rings. The molecule has 0 aliphatic carbocycles. The summed E-state index contributed by atoms with van der Waals surface area (Å²) in [5, 5.41) is 2.13. The molecule has 134 valence electrons. The Hall–Kier alpha value is -3.02. The Morgan fingerprint density at radius 1 is 0.963 bits per heavy atom. The van der Waals surface area contributed by atoms with E-state index in [1.807, 2.05) is 18.3 Å². The molecule has 0 saturated carbocycles. The maximum Gasteiger partial charge on any atom is 0.227 e. The van der Waals surface area contributed by atoms with Gasteiger partial charge in [0.15, 0.2) is 11.4 Å². The quantitative estimate of drug-likeness (QED) is 0.507. The maximum atomic E-state index is 6.19. The first-order chi connectivity index (χ1) is 13.0. The molecular formula is C21H21BN4O. The number of pyridine rings is 2. The van der Waals surface area contributed by atoms with E-state index in [-0.39, 0.29) is 11.6 Å². The number of fused-ring (bicyclic) bond motifs is 4. The number of hydrogen-bond acceptors (Lipinski definition) is 5. The fourth-order valence-corrected chi connectivity index (χ4v) is 4.27. The van der Waals surface area contributed by atoms with Crippen molar-refractivity contribution in [3.63, 3.8) is 0 Å². The van der Waals surface area contributed by atoms with Crippen LogP contribution in [0.2, 0.25) is 0 Å². The van der Waals surface area contributed by atoms with Crippen molar-refractivity contribution in [2.24, 2.45) is 0 Å². The smallest absolute Gasteiger partial charge is 0.227 e. The van der Waals surface area contributed by atoms with E-state index in [0.29, 0.717) is 5.71 Å². The number of rotatable bonds is 2. The van der Waals surface area contributed by atoms with Crippen LogP contribution in [-0.4, -0.2) is 29.4 Å². The lowest BCUT2D eigenvalue weighted by Crippen LogP contribution is -2.51. The second kappa shape index (κ2) is 5.49. The van der Waals surface area contributed by atoms with Gasteiger partial charge in [-0.05, 0) is 51.1 Å². The molecule has 0 radical (unpaired) electrons. The van der Waals surface area contributed by atoms with Gasteiger partial charge in [-0.15, -0.1) is 0 Å². The second-order valence-corrected chi connectivity index (χ2v) is 8.00. The minimum absolute atomic E-state index is 0.0550. The summed E-state index contributed by atoms with van der Waals surface area (Å²) in [6.07, 6.45) is 3.74. The molecule has 0 N–H and O–H groups in total. The van der Waals surface area contributed by atoms with Crippen LogP contribution >= 0.6 is 0 Å². The molecule has 1 unspecified atom stereocenters. The molecule has 4 aromatic rings. The molecule has 6 heteroatoms. The summed E-state index contributed by atoms with van der Waals surface area (Å²) in [5.41, 5.74) is 3.62. The van der Waals surface area contributed by atoms with Gasteiger partial charge >= 0.3 is 0 Å². The average Bonchev–Trinajstić information content (AvgIpc) is 3.16. The Labute approximate surface area is 159 Å². The lowest BCUT2D eigenvalue weighted by molar-refractivity contribution is 0.555. The molecule has 0 bridgehead atoms. The van der Waals surface area contributed by atoms with Crippen molar-refractivity contribution in [1.82, 2.24) is 9.97 Å². The first-order valence-corrected chi connectivity index (χ1v) is 9.26. The van der Waals surface area contributed by atoms with Crippen LogP contribution in [0.5, 0.6) is 0 Å². The van der Waals surface area contributed by atoms with Gasteiger partial charge in [-0.1, -0.05) is 12.1 Å². The molecule has 0 saturated heterocycles. The van der Waals surface area contributed by atoms with Crippen molar-refractivity contribution in [3.05, 3.63) is 54.9 Å². The van der Waals surface area contributed by atoms with Crippen molar-refractivity contribution in [2.45, 2.75) is 32.4 Å². The Morgan fingerprint density at radius 3 is 2.48 bits per heavy atom. The number of para-hydroxylation sites is 1. The van der Waals surface area contributed by atoms with E-state index in [1.165, 1.54) is 0 Å². The van der Waals surface area contributed by atoms with Crippen LogP contribution in [0.15, 0.2) is 59.3 Å². The van der Waals surface area contributed by atoms with E-state index in [9.17, 15) is 0 Å². The molecule has 1 aromatic carbocycles. The van der Waals surface area contributed by atoms with Gasteiger partial charge in [0.05, 0.1) is 11.4 Å². The van der Waals surface area contributed by atoms with Crippen LogP contribution in [0.25, 0.3) is 22.1 Å². The molecule has 3 aromatic heterocycles. The van der Waals surface area contributed by atoms with Crippen molar-refractivity contribution < 1.29 is 4.42 Å². The fraction of sp³-hybridized carbons (Fsp3) is 0.238. The largest absolute Gasteiger partial charge is 0.436 e. The summed E-state index contributed by atoms with van der Waals surface area (Å²) in [4.78, 5) is 13.8. The highest BCUT2D eigenvalue weighted by atomic mass is 16.3. The summed E-state index contributed by atoms with van der Waals surface area (Å²) in [7, 11) is 2.22. The average molecular weight is 356 g/mol. The van der Waals surface area contributed by atoms with Crippen molar-refractivity contribution in [2.75, 3.05) is 9.80 Å². The normalized spacial score (nSPS) is 17.1. The Kier molecular flexibility index (Phi) is 3.29. The highest BCUT2D eigenvalue weighted by Gasteiger charge is 2.41. The first kappa shape index (κ1) is 16.2. The predicted molar refractivity (Wildman–Crippen MR) is 112 cm³/mol. The van der Waals surface area contributed by atoms with E-state index < -0.39 is 0 Å². The molecule has 0 spiro atoms. The third-order valence-corrected chi connectivity index (χ3v) is 5.24. The third kappa shape index (κ3) is 2.26. The summed E-state index contributed by atoms with van der Waals surface area (Å²) in [6, 6.07) is 14.4. The van der Waals surface area contributed by atoms with E-state index in [0.717, 1.165) is 33.5 Å². The molecule has 5 nitrogen and oxygen atoms in total. The minimum atomic E-state index is -0.0550. The SMILES string of the molecule is BC(C)(C)N1c2ncccc2N(c2cccc3c2oc2ncccc23)C1C. The van der Waals surface area contributed by atoms with Gasteiger partial charge in [0.2, 0.25) is 5.71 Å². The van der Waals surface area contributed by atoms with Crippen molar-refractivity contribution >= 4 is 47.1 Å². The Bertz CT molecular complexity index is 1160. The van der Waals surface area contributed by atoms with Crippen LogP contribution in [-0.2, 0) is 0 Å². The van der Waals surface area contributed by atoms with Gasteiger partial charge in [-0.3, -0.25) is 0 Å². The molecule has 4 heterocycles. The van der Waals surface area contributed by atoms with E-state index >= 15 is 0 Å². The zero-order valence-electron chi connectivity index (χ0n) is 16.0. The third-order valence-electron chi connectivity index (χ3n) is 5.24. The van der Waals surface area contributed by atoms with Crippen LogP contribution in [0.4, 0.5) is 17.2 Å². The second-order valence-electron chi connectivity index (χ2n) is 8.00. The monoisotopic (exact) mass is 356 g/mol. The Morgan fingerprint density at radius 2 is 1.67 bits per heavy atom. The standard InChI is InChI=1S/C21H21BN4O/c1-13-25(17-10-6-11-23-19(17)26(13)21(2,3)22)16-9-4-7-14-15-8-5-12-24-20(15)27-18(14)16/h4-13H,22H2,1-3H3. The number of nitrogens with zero attached hydrogens (tertiary/aromatic N) is 4. The van der Waals surface area contributed by atoms with Gasteiger partial charge < -0.3 is 14.2 Å². The van der Waals surface area contributed by atoms with Gasteiger partial charge in [0.25, 0.3) is 0 Å². The zero-order chi connectivity index (χ0) is 18.8. The van der Waals surface area contributed by atoms with Gasteiger partial charge in [0.1, 0.15) is 14.0 Å². The highest BCUT2D eigenvalue weighted by Crippen LogP contribution is 2.47. The number of anilines is 3. The lowest BCUT2D eigenvalue weighted by Gasteiger charge is -2.39. The van der Waals surface area contributed by atoms with Gasteiger partial charge in [-0.2, -0.15) is 0 Å². The summed E-state index contributed by atoms with van der Waals surface area (Å²) in [5.74, 6) is 1.00. The van der Waals surface area contributed by atoms with Crippen LogP contribution in [0.1, 0.15) is 20.8 Å². The lowest BCUT2D eigenvalue weighted by atomic mass is 9.80. The number of hydrogen-bond donors (Lipinski definition) is 0. The van der Waals surface area contributed by atoms with E-state index in [4.69, 9.17) is 9.40 Å². The minimum Gasteiger partial charge on any atom is -0.436 e. The maximum absolute atomic E-state index is 6.19.